The fourth-order valence-corrected chi connectivity index (χ4v) is 5.96. The van der Waals surface area contributed by atoms with E-state index in [2.05, 4.69) is 0 Å². The van der Waals surface area contributed by atoms with Gasteiger partial charge in [0, 0.05) is 17.5 Å². The van der Waals surface area contributed by atoms with Crippen molar-refractivity contribution >= 4 is 26.8 Å². The van der Waals surface area contributed by atoms with Crippen molar-refractivity contribution in [2.75, 3.05) is 6.54 Å². The quantitative estimate of drug-likeness (QED) is 0.928. The number of hydrogen-bond acceptors (Lipinski definition) is 3. The molecule has 1 saturated carbocycles. The molecule has 2 aromatic carbocycles. The largest absolute Gasteiger partial charge is 0.481 e. The van der Waals surface area contributed by atoms with Crippen molar-refractivity contribution in [2.45, 2.75) is 36.1 Å². The average Bonchev–Trinajstić information content (AvgIpc) is 3.33. The number of nitrogens with zero attached hydrogens (tertiary/aromatic N) is 1. The molecule has 0 aromatic heterocycles. The number of sulfonamides is 1. The molecule has 1 heterocycles. The summed E-state index contributed by atoms with van der Waals surface area (Å²) >= 11 is 0. The molecule has 1 aliphatic heterocycles. The fraction of sp³-hybridized carbons (Fsp3) is 0.389. The molecule has 126 valence electrons. The van der Waals surface area contributed by atoms with Gasteiger partial charge in [0.2, 0.25) is 10.0 Å². The molecule has 0 bridgehead atoms. The Morgan fingerprint density at radius 3 is 2.54 bits per heavy atom. The Hall–Kier alpha value is -1.92. The third-order valence-corrected chi connectivity index (χ3v) is 7.39. The monoisotopic (exact) mass is 345 g/mol. The number of benzene rings is 2. The van der Waals surface area contributed by atoms with Crippen molar-refractivity contribution in [1.82, 2.24) is 4.31 Å². The van der Waals surface area contributed by atoms with E-state index in [4.69, 9.17) is 0 Å². The first kappa shape index (κ1) is 15.6. The summed E-state index contributed by atoms with van der Waals surface area (Å²) in [6.07, 6.45) is 2.30. The second-order valence-corrected chi connectivity index (χ2v) is 8.64. The van der Waals surface area contributed by atoms with Gasteiger partial charge in [-0.05, 0) is 37.1 Å². The summed E-state index contributed by atoms with van der Waals surface area (Å²) in [7, 11) is -3.64. The third kappa shape index (κ3) is 2.32. The minimum absolute atomic E-state index is 0.280. The second-order valence-electron chi connectivity index (χ2n) is 6.81. The zero-order valence-corrected chi connectivity index (χ0v) is 14.0. The molecule has 1 aliphatic carbocycles. The zero-order chi connectivity index (χ0) is 16.9. The lowest BCUT2D eigenvalue weighted by Crippen LogP contribution is -2.49. The average molecular weight is 345 g/mol. The maximum absolute atomic E-state index is 13.3. The first-order valence-electron chi connectivity index (χ1n) is 8.17. The van der Waals surface area contributed by atoms with Gasteiger partial charge in [0.05, 0.1) is 10.8 Å². The van der Waals surface area contributed by atoms with Gasteiger partial charge in [-0.15, -0.1) is 0 Å². The molecule has 5 nitrogen and oxygen atoms in total. The molecule has 2 fully saturated rings. The Morgan fingerprint density at radius 2 is 1.83 bits per heavy atom. The minimum atomic E-state index is -3.64. The van der Waals surface area contributed by atoms with Gasteiger partial charge in [-0.25, -0.2) is 8.42 Å². The van der Waals surface area contributed by atoms with Gasteiger partial charge >= 0.3 is 5.97 Å². The molecule has 24 heavy (non-hydrogen) atoms. The van der Waals surface area contributed by atoms with E-state index < -0.39 is 27.4 Å². The van der Waals surface area contributed by atoms with E-state index >= 15 is 0 Å². The number of piperidine rings is 1. The summed E-state index contributed by atoms with van der Waals surface area (Å²) in [5.41, 5.74) is -0.489. The Labute approximate surface area is 140 Å². The highest BCUT2D eigenvalue weighted by molar-refractivity contribution is 7.89. The summed E-state index contributed by atoms with van der Waals surface area (Å²) in [5.74, 6) is -1.25. The van der Waals surface area contributed by atoms with Crippen molar-refractivity contribution in [3.8, 4) is 0 Å². The van der Waals surface area contributed by atoms with Gasteiger partial charge in [-0.1, -0.05) is 36.4 Å². The topological polar surface area (TPSA) is 74.7 Å². The minimum Gasteiger partial charge on any atom is -0.481 e. The summed E-state index contributed by atoms with van der Waals surface area (Å²) < 4.78 is 28.2. The first-order valence-corrected chi connectivity index (χ1v) is 9.61. The van der Waals surface area contributed by atoms with E-state index in [0.29, 0.717) is 17.7 Å². The molecule has 1 N–H and O–H groups in total. The van der Waals surface area contributed by atoms with Crippen LogP contribution in [0.1, 0.15) is 25.7 Å². The van der Waals surface area contributed by atoms with Crippen molar-refractivity contribution in [3.05, 3.63) is 42.5 Å². The van der Waals surface area contributed by atoms with Crippen molar-refractivity contribution in [1.29, 1.82) is 0 Å². The third-order valence-electron chi connectivity index (χ3n) is 5.33. The van der Waals surface area contributed by atoms with Crippen molar-refractivity contribution in [2.24, 2.45) is 5.92 Å². The molecular formula is C18H19NO4S. The number of rotatable bonds is 3. The molecule has 1 unspecified atom stereocenters. The maximum Gasteiger partial charge on any atom is 0.306 e. The second kappa shape index (κ2) is 5.29. The number of hydrogen-bond donors (Lipinski definition) is 1. The van der Waals surface area contributed by atoms with Crippen LogP contribution in [0.15, 0.2) is 47.4 Å². The number of carboxylic acids is 1. The molecule has 2 aromatic rings. The van der Waals surface area contributed by atoms with E-state index in [-0.39, 0.29) is 6.54 Å². The van der Waals surface area contributed by atoms with E-state index in [1.165, 1.54) is 0 Å². The van der Waals surface area contributed by atoms with E-state index in [1.807, 2.05) is 30.3 Å². The fourth-order valence-electron chi connectivity index (χ4n) is 3.90. The van der Waals surface area contributed by atoms with Crippen LogP contribution in [-0.4, -0.2) is 35.9 Å². The molecular weight excluding hydrogens is 326 g/mol. The van der Waals surface area contributed by atoms with Gasteiger partial charge in [0.15, 0.2) is 0 Å². The van der Waals surface area contributed by atoms with Crippen LogP contribution in [0.4, 0.5) is 0 Å². The number of carbonyl (C=O) groups is 1. The van der Waals surface area contributed by atoms with E-state index in [9.17, 15) is 18.3 Å². The highest BCUT2D eigenvalue weighted by Crippen LogP contribution is 2.52. The van der Waals surface area contributed by atoms with Crippen LogP contribution < -0.4 is 0 Å². The molecule has 1 saturated heterocycles. The standard InChI is InChI=1S/C18H19NO4S/c20-17(21)14-8-11-19(18(12-14)9-10-18)24(22,23)16-7-3-5-13-4-1-2-6-15(13)16/h1-7,14H,8-12H2,(H,20,21). The number of aliphatic carboxylic acids is 1. The van der Waals surface area contributed by atoms with Crippen molar-refractivity contribution < 1.29 is 18.3 Å². The number of fused-ring (bicyclic) bond motifs is 1. The molecule has 2 aliphatic rings. The van der Waals surface area contributed by atoms with Crippen LogP contribution in [0.2, 0.25) is 0 Å². The maximum atomic E-state index is 13.3. The van der Waals surface area contributed by atoms with Gasteiger partial charge in [-0.3, -0.25) is 4.79 Å². The van der Waals surface area contributed by atoms with Gasteiger partial charge in [-0.2, -0.15) is 4.31 Å². The smallest absolute Gasteiger partial charge is 0.306 e. The normalized spacial score (nSPS) is 23.4. The highest BCUT2D eigenvalue weighted by atomic mass is 32.2. The van der Waals surface area contributed by atoms with Crippen LogP contribution in [-0.2, 0) is 14.8 Å². The number of carboxylic acid groups (broad SMARTS) is 1. The van der Waals surface area contributed by atoms with Crippen LogP contribution >= 0.6 is 0 Å². The predicted octanol–water partition coefficient (Wildman–Crippen LogP) is 2.86. The first-order chi connectivity index (χ1) is 11.4. The molecule has 1 spiro atoms. The Kier molecular flexibility index (Phi) is 3.44. The zero-order valence-electron chi connectivity index (χ0n) is 13.2. The van der Waals surface area contributed by atoms with Gasteiger partial charge in [0.25, 0.3) is 0 Å². The predicted molar refractivity (Wildman–Crippen MR) is 90.2 cm³/mol. The lowest BCUT2D eigenvalue weighted by Gasteiger charge is -2.38. The van der Waals surface area contributed by atoms with E-state index in [1.54, 1.807) is 16.4 Å². The van der Waals surface area contributed by atoms with Crippen LogP contribution in [0.3, 0.4) is 0 Å². The molecule has 4 rings (SSSR count). The lowest BCUT2D eigenvalue weighted by atomic mass is 9.91. The molecule has 1 atom stereocenters. The summed E-state index contributed by atoms with van der Waals surface area (Å²) in [6, 6.07) is 12.8. The Balaban J connectivity index is 1.77. The summed E-state index contributed by atoms with van der Waals surface area (Å²) in [5, 5.41) is 10.9. The van der Waals surface area contributed by atoms with Crippen LogP contribution in [0, 0.1) is 5.92 Å². The Bertz CT molecular complexity index is 912. The van der Waals surface area contributed by atoms with Crippen LogP contribution in [0.25, 0.3) is 10.8 Å². The molecule has 6 heteroatoms. The molecule has 0 radical (unpaired) electrons. The van der Waals surface area contributed by atoms with Crippen molar-refractivity contribution in [3.63, 3.8) is 0 Å². The molecule has 0 amide bonds. The van der Waals surface area contributed by atoms with Gasteiger partial charge in [0.1, 0.15) is 0 Å². The summed E-state index contributed by atoms with van der Waals surface area (Å²) in [4.78, 5) is 11.6. The van der Waals surface area contributed by atoms with Gasteiger partial charge < -0.3 is 5.11 Å². The van der Waals surface area contributed by atoms with Crippen LogP contribution in [0.5, 0.6) is 0 Å². The highest BCUT2D eigenvalue weighted by Gasteiger charge is 2.57. The summed E-state index contributed by atoms with van der Waals surface area (Å²) in [6.45, 7) is 0.280. The lowest BCUT2D eigenvalue weighted by molar-refractivity contribution is -0.143. The van der Waals surface area contributed by atoms with E-state index in [0.717, 1.165) is 23.6 Å². The SMILES string of the molecule is O=C(O)C1CCN(S(=O)(=O)c2cccc3ccccc23)C2(CC2)C1. The Morgan fingerprint density at radius 1 is 1.12 bits per heavy atom.